The van der Waals surface area contributed by atoms with E-state index in [-0.39, 0.29) is 23.3 Å². The summed E-state index contributed by atoms with van der Waals surface area (Å²) in [6.07, 6.45) is 1.78. The van der Waals surface area contributed by atoms with Gasteiger partial charge in [-0.1, -0.05) is 36.7 Å². The molecule has 3 atom stereocenters. The number of hydrogen-bond donors (Lipinski definition) is 2. The van der Waals surface area contributed by atoms with Gasteiger partial charge in [0.25, 0.3) is 0 Å². The van der Waals surface area contributed by atoms with Crippen molar-refractivity contribution in [1.29, 1.82) is 0 Å². The summed E-state index contributed by atoms with van der Waals surface area (Å²) in [7, 11) is 0. The number of aryl methyl sites for hydroxylation is 1. The normalized spacial score (nSPS) is 28.2. The van der Waals surface area contributed by atoms with E-state index in [1.54, 1.807) is 0 Å². The van der Waals surface area contributed by atoms with Gasteiger partial charge in [-0.15, -0.1) is 0 Å². The highest BCUT2D eigenvalue weighted by Crippen LogP contribution is 2.44. The molecule has 1 saturated carbocycles. The van der Waals surface area contributed by atoms with Crippen molar-refractivity contribution in [3.63, 3.8) is 0 Å². The number of nitrogens with one attached hydrogen (secondary N) is 1. The molecule has 2 rings (SSSR count). The Hall–Kier alpha value is -0.870. The minimum Gasteiger partial charge on any atom is -0.327 e. The average Bonchev–Trinajstić information content (AvgIpc) is 2.39. The Morgan fingerprint density at radius 2 is 2.05 bits per heavy atom. The van der Waals surface area contributed by atoms with Crippen LogP contribution in [0.4, 0.5) is 5.69 Å². The first kappa shape index (κ1) is 16.5. The highest BCUT2D eigenvalue weighted by atomic mass is 79.9. The van der Waals surface area contributed by atoms with Gasteiger partial charge in [-0.3, -0.25) is 4.79 Å². The number of halogens is 1. The number of benzene rings is 1. The van der Waals surface area contributed by atoms with E-state index in [0.29, 0.717) is 5.92 Å². The highest BCUT2D eigenvalue weighted by molar-refractivity contribution is 9.10. The van der Waals surface area contributed by atoms with Crippen molar-refractivity contribution in [2.24, 2.45) is 23.0 Å². The summed E-state index contributed by atoms with van der Waals surface area (Å²) in [5, 5.41) is 3.10. The molecule has 0 radical (unpaired) electrons. The number of carbonyl (C=O) groups is 1. The molecule has 21 heavy (non-hydrogen) atoms. The van der Waals surface area contributed by atoms with Crippen LogP contribution in [0.3, 0.4) is 0 Å². The van der Waals surface area contributed by atoms with E-state index in [4.69, 9.17) is 5.73 Å². The third kappa shape index (κ3) is 3.32. The van der Waals surface area contributed by atoms with Gasteiger partial charge in [-0.2, -0.15) is 0 Å². The lowest BCUT2D eigenvalue weighted by Crippen LogP contribution is -2.50. The molecule has 0 spiro atoms. The highest BCUT2D eigenvalue weighted by Gasteiger charge is 2.44. The van der Waals surface area contributed by atoms with Gasteiger partial charge < -0.3 is 11.1 Å². The molecule has 1 aromatic carbocycles. The second-order valence-electron chi connectivity index (χ2n) is 6.85. The first-order chi connectivity index (χ1) is 9.73. The summed E-state index contributed by atoms with van der Waals surface area (Å²) in [5.74, 6) is 0.465. The van der Waals surface area contributed by atoms with Crippen molar-refractivity contribution in [2.75, 3.05) is 5.32 Å². The molecule has 1 amide bonds. The molecule has 0 aromatic heterocycles. The summed E-state index contributed by atoms with van der Waals surface area (Å²) in [5.41, 5.74) is 8.05. The van der Waals surface area contributed by atoms with Gasteiger partial charge in [0.1, 0.15) is 0 Å². The second-order valence-corrected chi connectivity index (χ2v) is 7.77. The van der Waals surface area contributed by atoms with Crippen molar-refractivity contribution in [1.82, 2.24) is 0 Å². The fraction of sp³-hybridized carbons (Fsp3) is 0.588. The molecule has 116 valence electrons. The van der Waals surface area contributed by atoms with Gasteiger partial charge in [0.2, 0.25) is 5.91 Å². The van der Waals surface area contributed by atoms with Gasteiger partial charge in [-0.25, -0.2) is 0 Å². The summed E-state index contributed by atoms with van der Waals surface area (Å²) < 4.78 is 1.02. The Bertz CT molecular complexity index is 542. The lowest BCUT2D eigenvalue weighted by molar-refractivity contribution is -0.127. The third-order valence-electron chi connectivity index (χ3n) is 5.27. The van der Waals surface area contributed by atoms with Crippen LogP contribution in [-0.2, 0) is 4.79 Å². The van der Waals surface area contributed by atoms with Crippen molar-refractivity contribution in [3.05, 3.63) is 28.2 Å². The fourth-order valence-electron chi connectivity index (χ4n) is 3.31. The lowest BCUT2D eigenvalue weighted by atomic mass is 9.61. The van der Waals surface area contributed by atoms with Crippen molar-refractivity contribution >= 4 is 27.5 Å². The minimum absolute atomic E-state index is 0.00958. The number of rotatable bonds is 2. The van der Waals surface area contributed by atoms with Gasteiger partial charge in [0.05, 0.1) is 0 Å². The van der Waals surface area contributed by atoms with E-state index in [2.05, 4.69) is 42.0 Å². The molecule has 4 heteroatoms. The number of carbonyl (C=O) groups excluding carboxylic acids is 1. The quantitative estimate of drug-likeness (QED) is 0.841. The maximum Gasteiger partial charge on any atom is 0.228 e. The zero-order chi connectivity index (χ0) is 15.8. The molecule has 0 bridgehead atoms. The Morgan fingerprint density at radius 3 is 2.67 bits per heavy atom. The van der Waals surface area contributed by atoms with Crippen LogP contribution in [0.5, 0.6) is 0 Å². The number of anilines is 1. The molecule has 1 aliphatic rings. The van der Waals surface area contributed by atoms with E-state index in [9.17, 15) is 4.79 Å². The number of amides is 1. The molecular weight excluding hydrogens is 328 g/mol. The van der Waals surface area contributed by atoms with Crippen LogP contribution in [0.25, 0.3) is 0 Å². The smallest absolute Gasteiger partial charge is 0.228 e. The van der Waals surface area contributed by atoms with Crippen molar-refractivity contribution < 1.29 is 4.79 Å². The average molecular weight is 353 g/mol. The zero-order valence-electron chi connectivity index (χ0n) is 13.2. The lowest BCUT2D eigenvalue weighted by Gasteiger charge is -2.46. The minimum atomic E-state index is -0.0784. The summed E-state index contributed by atoms with van der Waals surface area (Å²) in [6.45, 7) is 8.49. The molecular formula is C17H25BrN2O. The van der Waals surface area contributed by atoms with Crippen molar-refractivity contribution in [3.8, 4) is 0 Å². The fourth-order valence-corrected chi connectivity index (χ4v) is 3.78. The molecule has 3 N–H and O–H groups in total. The Morgan fingerprint density at radius 1 is 1.38 bits per heavy atom. The number of nitrogens with two attached hydrogens (primary N) is 1. The molecule has 0 heterocycles. The molecule has 1 aromatic rings. The van der Waals surface area contributed by atoms with Crippen LogP contribution in [-0.4, -0.2) is 11.9 Å². The first-order valence-corrected chi connectivity index (χ1v) is 8.35. The molecule has 1 fully saturated rings. The molecule has 1 aliphatic carbocycles. The van der Waals surface area contributed by atoms with Crippen LogP contribution < -0.4 is 11.1 Å². The monoisotopic (exact) mass is 352 g/mol. The molecule has 0 saturated heterocycles. The zero-order valence-corrected chi connectivity index (χ0v) is 14.8. The van der Waals surface area contributed by atoms with Gasteiger partial charge in [0.15, 0.2) is 0 Å². The van der Waals surface area contributed by atoms with E-state index in [0.717, 1.165) is 28.6 Å². The van der Waals surface area contributed by atoms with E-state index in [1.165, 1.54) is 0 Å². The summed E-state index contributed by atoms with van der Waals surface area (Å²) in [6, 6.07) is 6.11. The molecule has 3 unspecified atom stereocenters. The topological polar surface area (TPSA) is 55.1 Å². The van der Waals surface area contributed by atoms with Crippen LogP contribution in [0.1, 0.15) is 39.2 Å². The van der Waals surface area contributed by atoms with Gasteiger partial charge >= 0.3 is 0 Å². The Balaban J connectivity index is 2.16. The Kier molecular flexibility index (Phi) is 4.79. The predicted molar refractivity (Wildman–Crippen MR) is 91.2 cm³/mol. The largest absolute Gasteiger partial charge is 0.327 e. The SMILES string of the molecule is Cc1cc(Br)ccc1NC(=O)C1CCC(N)C(C)C1(C)C. The summed E-state index contributed by atoms with van der Waals surface area (Å²) >= 11 is 3.45. The second kappa shape index (κ2) is 6.09. The van der Waals surface area contributed by atoms with Crippen molar-refractivity contribution in [2.45, 2.75) is 46.6 Å². The van der Waals surface area contributed by atoms with Gasteiger partial charge in [-0.05, 0) is 54.9 Å². The van der Waals surface area contributed by atoms with Crippen LogP contribution in [0.2, 0.25) is 0 Å². The first-order valence-electron chi connectivity index (χ1n) is 7.56. The van der Waals surface area contributed by atoms with E-state index in [1.807, 2.05) is 25.1 Å². The van der Waals surface area contributed by atoms with E-state index >= 15 is 0 Å². The van der Waals surface area contributed by atoms with Crippen LogP contribution >= 0.6 is 15.9 Å². The number of hydrogen-bond acceptors (Lipinski definition) is 2. The summed E-state index contributed by atoms with van der Waals surface area (Å²) in [4.78, 5) is 12.7. The van der Waals surface area contributed by atoms with Crippen LogP contribution in [0.15, 0.2) is 22.7 Å². The predicted octanol–water partition coefficient (Wildman–Crippen LogP) is 4.10. The maximum atomic E-state index is 12.7. The van der Waals surface area contributed by atoms with E-state index < -0.39 is 0 Å². The maximum absolute atomic E-state index is 12.7. The van der Waals surface area contributed by atoms with Crippen LogP contribution in [0, 0.1) is 24.2 Å². The molecule has 0 aliphatic heterocycles. The Labute approximate surface area is 135 Å². The third-order valence-corrected chi connectivity index (χ3v) is 5.76. The molecule has 3 nitrogen and oxygen atoms in total. The van der Waals surface area contributed by atoms with Gasteiger partial charge in [0, 0.05) is 22.1 Å². The standard InChI is InChI=1S/C17H25BrN2O/c1-10-9-12(18)5-8-15(10)20-16(21)13-6-7-14(19)11(2)17(13,3)4/h5,8-9,11,13-14H,6-7,19H2,1-4H3,(H,20,21).